The Morgan fingerprint density at radius 1 is 0.889 bits per heavy atom. The quantitative estimate of drug-likeness (QED) is 0.552. The highest BCUT2D eigenvalue weighted by atomic mass is 19.1. The number of benzene rings is 2. The van der Waals surface area contributed by atoms with Crippen molar-refractivity contribution in [2.45, 2.75) is 0 Å². The molecule has 136 valence electrons. The summed E-state index contributed by atoms with van der Waals surface area (Å²) in [6, 6.07) is 15.1. The van der Waals surface area contributed by atoms with E-state index in [1.807, 2.05) is 0 Å². The summed E-state index contributed by atoms with van der Waals surface area (Å²) in [7, 11) is 0. The van der Waals surface area contributed by atoms with Crippen molar-refractivity contribution in [1.82, 2.24) is 4.98 Å². The van der Waals surface area contributed by atoms with Gasteiger partial charge < -0.3 is 21.7 Å². The number of urea groups is 1. The summed E-state index contributed by atoms with van der Waals surface area (Å²) in [5, 5.41) is 7.98. The summed E-state index contributed by atoms with van der Waals surface area (Å²) in [6.07, 6.45) is 1.50. The second-order valence-corrected chi connectivity index (χ2v) is 5.53. The van der Waals surface area contributed by atoms with Gasteiger partial charge in [-0.15, -0.1) is 0 Å². The molecule has 0 saturated carbocycles. The van der Waals surface area contributed by atoms with Crippen molar-refractivity contribution in [2.24, 2.45) is 5.73 Å². The maximum absolute atomic E-state index is 13.9. The molecule has 3 rings (SSSR count). The summed E-state index contributed by atoms with van der Waals surface area (Å²) in [6.45, 7) is 0. The Kier molecular flexibility index (Phi) is 5.27. The summed E-state index contributed by atoms with van der Waals surface area (Å²) in [5.41, 5.74) is 6.53. The fourth-order valence-corrected chi connectivity index (χ4v) is 2.36. The fourth-order valence-electron chi connectivity index (χ4n) is 2.36. The van der Waals surface area contributed by atoms with Gasteiger partial charge in [-0.25, -0.2) is 14.2 Å². The topological polar surface area (TPSA) is 109 Å². The van der Waals surface area contributed by atoms with E-state index >= 15 is 0 Å². The lowest BCUT2D eigenvalue weighted by atomic mass is 10.2. The Morgan fingerprint density at radius 2 is 1.56 bits per heavy atom. The number of para-hydroxylation sites is 1. The number of hydrogen-bond acceptors (Lipinski definition) is 4. The number of halogens is 1. The number of nitrogens with one attached hydrogen (secondary N) is 3. The first kappa shape index (κ1) is 17.9. The Hall–Kier alpha value is -3.94. The molecule has 3 aromatic rings. The minimum absolute atomic E-state index is 0.215. The number of aromatic nitrogens is 1. The van der Waals surface area contributed by atoms with Crippen LogP contribution in [0.4, 0.5) is 32.1 Å². The van der Waals surface area contributed by atoms with Crippen LogP contribution >= 0.6 is 0 Å². The van der Waals surface area contributed by atoms with Gasteiger partial charge in [0, 0.05) is 17.6 Å². The lowest BCUT2D eigenvalue weighted by Gasteiger charge is -2.12. The summed E-state index contributed by atoms with van der Waals surface area (Å²) in [4.78, 5) is 27.6. The number of amides is 3. The van der Waals surface area contributed by atoms with Gasteiger partial charge >= 0.3 is 6.03 Å². The van der Waals surface area contributed by atoms with Crippen molar-refractivity contribution < 1.29 is 14.0 Å². The second kappa shape index (κ2) is 7.96. The van der Waals surface area contributed by atoms with Crippen LogP contribution in [-0.4, -0.2) is 16.9 Å². The molecule has 0 unspecified atom stereocenters. The van der Waals surface area contributed by atoms with E-state index in [1.54, 1.807) is 54.6 Å². The molecule has 7 nitrogen and oxygen atoms in total. The Labute approximate surface area is 154 Å². The molecule has 0 aliphatic heterocycles. The van der Waals surface area contributed by atoms with Crippen molar-refractivity contribution in [3.63, 3.8) is 0 Å². The first-order chi connectivity index (χ1) is 13.0. The van der Waals surface area contributed by atoms with Gasteiger partial charge in [-0.2, -0.15) is 0 Å². The molecule has 0 fully saturated rings. The van der Waals surface area contributed by atoms with Crippen LogP contribution in [0.25, 0.3) is 0 Å². The zero-order valence-corrected chi connectivity index (χ0v) is 14.1. The first-order valence-electron chi connectivity index (χ1n) is 7.97. The molecule has 3 amide bonds. The fraction of sp³-hybridized carbons (Fsp3) is 0. The van der Waals surface area contributed by atoms with E-state index in [4.69, 9.17) is 5.73 Å². The average Bonchev–Trinajstić information content (AvgIpc) is 2.65. The van der Waals surface area contributed by atoms with Gasteiger partial charge in [0.2, 0.25) is 0 Å². The van der Waals surface area contributed by atoms with Gasteiger partial charge in [-0.05, 0) is 48.5 Å². The molecule has 1 heterocycles. The first-order valence-corrected chi connectivity index (χ1v) is 7.97. The van der Waals surface area contributed by atoms with Crippen LogP contribution in [0, 0.1) is 5.82 Å². The van der Waals surface area contributed by atoms with Crippen LogP contribution in [0.2, 0.25) is 0 Å². The second-order valence-electron chi connectivity index (χ2n) is 5.53. The summed E-state index contributed by atoms with van der Waals surface area (Å²) >= 11 is 0. The molecule has 0 aliphatic rings. The van der Waals surface area contributed by atoms with Crippen LogP contribution < -0.4 is 21.7 Å². The Balaban J connectivity index is 1.77. The zero-order chi connectivity index (χ0) is 19.2. The van der Waals surface area contributed by atoms with Gasteiger partial charge in [0.25, 0.3) is 5.91 Å². The van der Waals surface area contributed by atoms with Crippen LogP contribution in [0.1, 0.15) is 10.4 Å². The smallest absolute Gasteiger partial charge is 0.316 e. The SMILES string of the molecule is NC(=O)Nc1ccc(NC(=O)c2cccnc2Nc2ccccc2F)cc1. The number of nitrogens with two attached hydrogens (primary N) is 1. The van der Waals surface area contributed by atoms with Crippen molar-refractivity contribution in [3.8, 4) is 0 Å². The molecular weight excluding hydrogens is 349 g/mol. The maximum Gasteiger partial charge on any atom is 0.316 e. The van der Waals surface area contributed by atoms with Crippen molar-refractivity contribution in [2.75, 3.05) is 16.0 Å². The predicted octanol–water partition coefficient (Wildman–Crippen LogP) is 3.71. The van der Waals surface area contributed by atoms with E-state index < -0.39 is 17.8 Å². The molecule has 0 aliphatic carbocycles. The average molecular weight is 365 g/mol. The van der Waals surface area contributed by atoms with Crippen LogP contribution in [0.3, 0.4) is 0 Å². The van der Waals surface area contributed by atoms with E-state index in [-0.39, 0.29) is 17.1 Å². The predicted molar refractivity (Wildman–Crippen MR) is 102 cm³/mol. The number of anilines is 4. The van der Waals surface area contributed by atoms with Gasteiger partial charge in [0.15, 0.2) is 0 Å². The van der Waals surface area contributed by atoms with Gasteiger partial charge in [-0.1, -0.05) is 12.1 Å². The number of pyridine rings is 1. The lowest BCUT2D eigenvalue weighted by Crippen LogP contribution is -2.19. The van der Waals surface area contributed by atoms with E-state index in [0.717, 1.165) is 0 Å². The largest absolute Gasteiger partial charge is 0.351 e. The molecule has 0 bridgehead atoms. The molecule has 27 heavy (non-hydrogen) atoms. The zero-order valence-electron chi connectivity index (χ0n) is 14.1. The molecule has 8 heteroatoms. The normalized spacial score (nSPS) is 10.1. The van der Waals surface area contributed by atoms with E-state index in [1.165, 1.54) is 12.3 Å². The third-order valence-electron chi connectivity index (χ3n) is 3.59. The highest BCUT2D eigenvalue weighted by Gasteiger charge is 2.14. The van der Waals surface area contributed by atoms with Gasteiger partial charge in [0.1, 0.15) is 11.6 Å². The summed E-state index contributed by atoms with van der Waals surface area (Å²) in [5.74, 6) is -0.642. The monoisotopic (exact) mass is 365 g/mol. The Morgan fingerprint density at radius 3 is 2.22 bits per heavy atom. The number of primary amides is 1. The molecule has 1 aromatic heterocycles. The van der Waals surface area contributed by atoms with Crippen LogP contribution in [0.5, 0.6) is 0 Å². The highest BCUT2D eigenvalue weighted by molar-refractivity contribution is 6.07. The molecule has 0 atom stereocenters. The number of carbonyl (C=O) groups is 2. The van der Waals surface area contributed by atoms with Crippen molar-refractivity contribution >= 4 is 34.8 Å². The minimum atomic E-state index is -0.675. The standard InChI is InChI=1S/C19H16FN5O2/c20-15-5-1-2-6-16(15)25-17-14(4-3-11-22-17)18(26)23-12-7-9-13(10-8-12)24-19(21)27/h1-11H,(H,22,25)(H,23,26)(H3,21,24,27). The van der Waals surface area contributed by atoms with Crippen LogP contribution in [0.15, 0.2) is 66.9 Å². The van der Waals surface area contributed by atoms with Crippen molar-refractivity contribution in [1.29, 1.82) is 0 Å². The highest BCUT2D eigenvalue weighted by Crippen LogP contribution is 2.22. The van der Waals surface area contributed by atoms with Gasteiger partial charge in [-0.3, -0.25) is 4.79 Å². The molecule has 0 saturated heterocycles. The van der Waals surface area contributed by atoms with Crippen molar-refractivity contribution in [3.05, 3.63) is 78.2 Å². The third kappa shape index (κ3) is 4.57. The molecule has 0 radical (unpaired) electrons. The number of rotatable bonds is 5. The van der Waals surface area contributed by atoms with E-state index in [9.17, 15) is 14.0 Å². The van der Waals surface area contributed by atoms with Crippen LogP contribution in [-0.2, 0) is 0 Å². The van der Waals surface area contributed by atoms with Gasteiger partial charge in [0.05, 0.1) is 11.3 Å². The molecule has 2 aromatic carbocycles. The number of hydrogen-bond donors (Lipinski definition) is 4. The molecule has 5 N–H and O–H groups in total. The number of carbonyl (C=O) groups excluding carboxylic acids is 2. The third-order valence-corrected chi connectivity index (χ3v) is 3.59. The molecule has 0 spiro atoms. The molecular formula is C19H16FN5O2. The van der Waals surface area contributed by atoms with E-state index in [2.05, 4.69) is 20.9 Å². The maximum atomic E-state index is 13.9. The lowest BCUT2D eigenvalue weighted by molar-refractivity contribution is 0.102. The Bertz CT molecular complexity index is 976. The van der Waals surface area contributed by atoms with E-state index in [0.29, 0.717) is 11.4 Å². The minimum Gasteiger partial charge on any atom is -0.351 e. The summed E-state index contributed by atoms with van der Waals surface area (Å²) < 4.78 is 13.9. The number of nitrogens with zero attached hydrogens (tertiary/aromatic N) is 1.